The Morgan fingerprint density at radius 3 is 2.78 bits per heavy atom. The van der Waals surface area contributed by atoms with E-state index in [2.05, 4.69) is 16.5 Å². The smallest absolute Gasteiger partial charge is 0.322 e. The van der Waals surface area contributed by atoms with Gasteiger partial charge in [0.1, 0.15) is 11.9 Å². The number of hydrogen-bond acceptors (Lipinski definition) is 3. The van der Waals surface area contributed by atoms with Gasteiger partial charge in [-0.25, -0.2) is 4.79 Å². The van der Waals surface area contributed by atoms with Crippen molar-refractivity contribution in [2.45, 2.75) is 37.7 Å². The number of halogens is 1. The number of rotatable bonds is 3. The molecule has 2 saturated heterocycles. The summed E-state index contributed by atoms with van der Waals surface area (Å²) in [4.78, 5) is 14.5. The van der Waals surface area contributed by atoms with Crippen molar-refractivity contribution in [3.63, 3.8) is 0 Å². The number of ether oxygens (including phenoxy) is 1. The zero-order valence-corrected chi connectivity index (χ0v) is 16.3. The highest BCUT2D eigenvalue weighted by atomic mass is 35.5. The molecule has 2 fully saturated rings. The Morgan fingerprint density at radius 1 is 1.26 bits per heavy atom. The molecule has 2 aromatic rings. The molecular weight excluding hydrogens is 364 g/mol. The highest BCUT2D eigenvalue weighted by molar-refractivity contribution is 6.30. The zero-order chi connectivity index (χ0) is 18.8. The number of nitrogens with zero attached hydrogens (tertiary/aromatic N) is 3. The maximum Gasteiger partial charge on any atom is 0.322 e. The fraction of sp³-hybridized carbons (Fsp3) is 0.500. The van der Waals surface area contributed by atoms with E-state index in [9.17, 15) is 4.79 Å². The average molecular weight is 389 g/mol. The number of hydrogen-bond donors (Lipinski definition) is 1. The van der Waals surface area contributed by atoms with Gasteiger partial charge in [0.15, 0.2) is 0 Å². The van der Waals surface area contributed by atoms with Crippen LogP contribution >= 0.6 is 11.6 Å². The van der Waals surface area contributed by atoms with E-state index in [1.165, 1.54) is 5.56 Å². The number of likely N-dealkylation sites (tertiary alicyclic amines) is 1. The predicted molar refractivity (Wildman–Crippen MR) is 105 cm³/mol. The first-order chi connectivity index (χ1) is 13.1. The summed E-state index contributed by atoms with van der Waals surface area (Å²) >= 11 is 6.11. The number of benzene rings is 1. The van der Waals surface area contributed by atoms with E-state index in [1.54, 1.807) is 4.68 Å². The van der Waals surface area contributed by atoms with Gasteiger partial charge in [0.25, 0.3) is 0 Å². The quantitative estimate of drug-likeness (QED) is 0.850. The molecule has 3 heterocycles. The molecule has 2 amide bonds. The van der Waals surface area contributed by atoms with Crippen LogP contribution in [-0.4, -0.2) is 40.4 Å². The number of aromatic nitrogens is 2. The molecule has 1 N–H and O–H groups in total. The summed E-state index contributed by atoms with van der Waals surface area (Å²) in [7, 11) is 1.85. The summed E-state index contributed by atoms with van der Waals surface area (Å²) in [6.07, 6.45) is 3.99. The molecule has 0 spiro atoms. The van der Waals surface area contributed by atoms with Crippen LogP contribution in [0.2, 0.25) is 5.02 Å². The third kappa shape index (κ3) is 4.12. The van der Waals surface area contributed by atoms with Gasteiger partial charge in [0, 0.05) is 37.8 Å². The van der Waals surface area contributed by atoms with Crippen LogP contribution in [0.1, 0.15) is 49.0 Å². The molecule has 1 unspecified atom stereocenters. The van der Waals surface area contributed by atoms with E-state index in [0.29, 0.717) is 11.7 Å². The number of carbonyl (C=O) groups is 1. The zero-order valence-electron chi connectivity index (χ0n) is 15.5. The minimum absolute atomic E-state index is 0.0512. The number of aryl methyl sites for hydroxylation is 1. The standard InChI is InChI=1S/C20H25ClN4O2/c1-24-19(13-17(23-24)18-6-3-11-27-18)22-20(26)25-9-7-14(8-10-25)15-4-2-5-16(21)12-15/h2,4-5,12-14,18H,3,6-11H2,1H3,(H,22,26). The van der Waals surface area contributed by atoms with Crippen molar-refractivity contribution < 1.29 is 9.53 Å². The average Bonchev–Trinajstić information content (AvgIpc) is 3.32. The first-order valence-corrected chi connectivity index (χ1v) is 9.95. The minimum Gasteiger partial charge on any atom is -0.372 e. The van der Waals surface area contributed by atoms with Crippen molar-refractivity contribution in [3.8, 4) is 0 Å². The fourth-order valence-corrected chi connectivity index (χ4v) is 4.14. The van der Waals surface area contributed by atoms with E-state index < -0.39 is 0 Å². The van der Waals surface area contributed by atoms with Crippen LogP contribution in [-0.2, 0) is 11.8 Å². The van der Waals surface area contributed by atoms with Crippen LogP contribution in [0.15, 0.2) is 30.3 Å². The van der Waals surface area contributed by atoms with Gasteiger partial charge in [-0.1, -0.05) is 23.7 Å². The monoisotopic (exact) mass is 388 g/mol. The Morgan fingerprint density at radius 2 is 2.07 bits per heavy atom. The van der Waals surface area contributed by atoms with Crippen LogP contribution in [0.4, 0.5) is 10.6 Å². The Hall–Kier alpha value is -2.05. The van der Waals surface area contributed by atoms with Crippen molar-refractivity contribution in [2.24, 2.45) is 7.05 Å². The number of amides is 2. The van der Waals surface area contributed by atoms with E-state index in [1.807, 2.05) is 36.2 Å². The molecule has 1 atom stereocenters. The van der Waals surface area contributed by atoms with Crippen LogP contribution in [0, 0.1) is 0 Å². The number of piperidine rings is 1. The molecule has 2 aliphatic heterocycles. The van der Waals surface area contributed by atoms with E-state index >= 15 is 0 Å². The summed E-state index contributed by atoms with van der Waals surface area (Å²) in [6.45, 7) is 2.25. The summed E-state index contributed by atoms with van der Waals surface area (Å²) in [5, 5.41) is 8.26. The third-order valence-corrected chi connectivity index (χ3v) is 5.73. The van der Waals surface area contributed by atoms with E-state index in [0.717, 1.165) is 56.1 Å². The van der Waals surface area contributed by atoms with E-state index in [4.69, 9.17) is 16.3 Å². The van der Waals surface area contributed by atoms with Crippen molar-refractivity contribution in [1.82, 2.24) is 14.7 Å². The largest absolute Gasteiger partial charge is 0.372 e. The highest BCUT2D eigenvalue weighted by Crippen LogP contribution is 2.31. The molecule has 4 rings (SSSR count). The van der Waals surface area contributed by atoms with Gasteiger partial charge in [0.05, 0.1) is 5.69 Å². The van der Waals surface area contributed by atoms with Crippen molar-refractivity contribution >= 4 is 23.4 Å². The molecule has 0 bridgehead atoms. The third-order valence-electron chi connectivity index (χ3n) is 5.50. The van der Waals surface area contributed by atoms with Gasteiger partial charge < -0.3 is 9.64 Å². The normalized spacial score (nSPS) is 20.8. The van der Waals surface area contributed by atoms with Crippen molar-refractivity contribution in [1.29, 1.82) is 0 Å². The summed E-state index contributed by atoms with van der Waals surface area (Å²) < 4.78 is 7.40. The molecular formula is C20H25ClN4O2. The molecule has 27 heavy (non-hydrogen) atoms. The van der Waals surface area contributed by atoms with Gasteiger partial charge in [-0.15, -0.1) is 0 Å². The maximum absolute atomic E-state index is 12.7. The molecule has 0 radical (unpaired) electrons. The van der Waals surface area contributed by atoms with Gasteiger partial charge in [-0.2, -0.15) is 5.10 Å². The Labute approximate surface area is 164 Å². The van der Waals surface area contributed by atoms with Crippen LogP contribution in [0.5, 0.6) is 0 Å². The molecule has 6 nitrogen and oxygen atoms in total. The number of nitrogens with one attached hydrogen (secondary N) is 1. The predicted octanol–water partition coefficient (Wildman–Crippen LogP) is 4.34. The van der Waals surface area contributed by atoms with Gasteiger partial charge in [0.2, 0.25) is 0 Å². The number of carbonyl (C=O) groups excluding carboxylic acids is 1. The first-order valence-electron chi connectivity index (χ1n) is 9.57. The van der Waals surface area contributed by atoms with Crippen molar-refractivity contribution in [3.05, 3.63) is 46.6 Å². The number of anilines is 1. The molecule has 0 saturated carbocycles. The SMILES string of the molecule is Cn1nc(C2CCCO2)cc1NC(=O)N1CCC(c2cccc(Cl)c2)CC1. The Balaban J connectivity index is 1.34. The summed E-state index contributed by atoms with van der Waals surface area (Å²) in [5.74, 6) is 1.16. The second-order valence-electron chi connectivity index (χ2n) is 7.33. The molecule has 1 aromatic heterocycles. The van der Waals surface area contributed by atoms with Crippen LogP contribution in [0.25, 0.3) is 0 Å². The van der Waals surface area contributed by atoms with Gasteiger partial charge >= 0.3 is 6.03 Å². The lowest BCUT2D eigenvalue weighted by Gasteiger charge is -2.32. The molecule has 144 valence electrons. The Kier molecular flexibility index (Phi) is 5.36. The fourth-order valence-electron chi connectivity index (χ4n) is 3.94. The van der Waals surface area contributed by atoms with Gasteiger partial charge in [-0.3, -0.25) is 10.00 Å². The summed E-state index contributed by atoms with van der Waals surface area (Å²) in [5.41, 5.74) is 2.15. The lowest BCUT2D eigenvalue weighted by Crippen LogP contribution is -2.40. The molecule has 1 aromatic carbocycles. The first kappa shape index (κ1) is 18.3. The van der Waals surface area contributed by atoms with Crippen LogP contribution < -0.4 is 5.32 Å². The topological polar surface area (TPSA) is 59.4 Å². The van der Waals surface area contributed by atoms with Crippen LogP contribution in [0.3, 0.4) is 0 Å². The lowest BCUT2D eigenvalue weighted by molar-refractivity contribution is 0.108. The lowest BCUT2D eigenvalue weighted by atomic mass is 9.89. The molecule has 0 aliphatic carbocycles. The summed E-state index contributed by atoms with van der Waals surface area (Å²) in [6, 6.07) is 9.89. The second-order valence-corrected chi connectivity index (χ2v) is 7.76. The van der Waals surface area contributed by atoms with Gasteiger partial charge in [-0.05, 0) is 49.3 Å². The second kappa shape index (κ2) is 7.90. The van der Waals surface area contributed by atoms with Crippen molar-refractivity contribution in [2.75, 3.05) is 25.0 Å². The maximum atomic E-state index is 12.7. The minimum atomic E-state index is -0.0681. The number of urea groups is 1. The molecule has 7 heteroatoms. The Bertz CT molecular complexity index is 808. The molecule has 2 aliphatic rings. The van der Waals surface area contributed by atoms with E-state index in [-0.39, 0.29) is 12.1 Å². The highest BCUT2D eigenvalue weighted by Gasteiger charge is 2.26.